The van der Waals surface area contributed by atoms with E-state index in [1.807, 2.05) is 12.1 Å². The van der Waals surface area contributed by atoms with Crippen LogP contribution in [0.1, 0.15) is 27.2 Å². The molecule has 3 rings (SSSR count). The molecule has 0 spiro atoms. The molecule has 3 aromatic rings. The summed E-state index contributed by atoms with van der Waals surface area (Å²) in [5, 5.41) is 4.71. The van der Waals surface area contributed by atoms with Gasteiger partial charge < -0.3 is 4.84 Å². The van der Waals surface area contributed by atoms with Crippen molar-refractivity contribution in [3.8, 4) is 0 Å². The van der Waals surface area contributed by atoms with Crippen LogP contribution < -0.4 is 0 Å². The Morgan fingerprint density at radius 1 is 1.10 bits per heavy atom. The van der Waals surface area contributed by atoms with E-state index in [4.69, 9.17) is 16.4 Å². The van der Waals surface area contributed by atoms with Crippen LogP contribution in [0.3, 0.4) is 0 Å². The van der Waals surface area contributed by atoms with Gasteiger partial charge in [-0.3, -0.25) is 0 Å². The first-order valence-electron chi connectivity index (χ1n) is 8.43. The highest BCUT2D eigenvalue weighted by atomic mass is 35.5. The molecule has 0 saturated heterocycles. The zero-order valence-corrected chi connectivity index (χ0v) is 16.7. The lowest BCUT2D eigenvalue weighted by atomic mass is 10.1. The fourth-order valence-electron chi connectivity index (χ4n) is 2.20. The molecule has 0 unspecified atom stereocenters. The molecule has 30 heavy (non-hydrogen) atoms. The first-order chi connectivity index (χ1) is 14.3. The Bertz CT molecular complexity index is 1040. The molecule has 2 aromatic carbocycles. The van der Waals surface area contributed by atoms with Crippen LogP contribution in [0.5, 0.6) is 0 Å². The van der Waals surface area contributed by atoms with Crippen molar-refractivity contribution >= 4 is 35.5 Å². The Morgan fingerprint density at radius 2 is 1.80 bits per heavy atom. The molecule has 0 fully saturated rings. The fourth-order valence-corrected chi connectivity index (χ4v) is 3.12. The number of hydrogen-bond acceptors (Lipinski definition) is 6. The van der Waals surface area contributed by atoms with Gasteiger partial charge in [0.05, 0.1) is 23.0 Å². The van der Waals surface area contributed by atoms with E-state index in [0.29, 0.717) is 21.6 Å². The number of rotatable bonds is 6. The molecule has 0 radical (unpaired) electrons. The molecule has 0 bridgehead atoms. The van der Waals surface area contributed by atoms with Crippen LogP contribution >= 0.6 is 23.4 Å². The first-order valence-corrected chi connectivity index (χ1v) is 9.80. The Morgan fingerprint density at radius 3 is 2.47 bits per heavy atom. The molecule has 10 heteroatoms. The Hall–Kier alpha value is -2.91. The summed E-state index contributed by atoms with van der Waals surface area (Å²) in [6, 6.07) is 12.6. The third-order valence-corrected chi connectivity index (χ3v) is 4.89. The number of thioether (sulfide) groups is 1. The summed E-state index contributed by atoms with van der Waals surface area (Å²) in [6.07, 6.45) is -1.72. The number of halogens is 4. The Labute approximate surface area is 178 Å². The number of oxime groups is 1. The second kappa shape index (κ2) is 9.73. The van der Waals surface area contributed by atoms with E-state index in [-0.39, 0.29) is 5.56 Å². The number of benzene rings is 2. The summed E-state index contributed by atoms with van der Waals surface area (Å²) in [6.45, 7) is 0. The van der Waals surface area contributed by atoms with Crippen molar-refractivity contribution in [2.75, 3.05) is 0 Å². The average molecular weight is 452 g/mol. The molecule has 0 aliphatic carbocycles. The zero-order valence-electron chi connectivity index (χ0n) is 15.1. The van der Waals surface area contributed by atoms with E-state index < -0.39 is 17.7 Å². The number of carbonyl (C=O) groups excluding carboxylic acids is 1. The minimum atomic E-state index is -4.48. The number of nitrogens with zero attached hydrogens (tertiary/aromatic N) is 3. The summed E-state index contributed by atoms with van der Waals surface area (Å²) in [4.78, 5) is 25.0. The summed E-state index contributed by atoms with van der Waals surface area (Å²) in [5.41, 5.74) is 0.551. The van der Waals surface area contributed by atoms with Crippen molar-refractivity contribution in [2.45, 2.75) is 17.1 Å². The van der Waals surface area contributed by atoms with Gasteiger partial charge in [-0.1, -0.05) is 40.7 Å². The standard InChI is InChI=1S/C20H13ClF3N3O2S/c21-16-7-1-13(2-8-16)12-30-19-25-10-9-17(27-19)11-26-29-18(28)14-3-5-15(6-4-14)20(22,23)24/h1-11H,12H2/b26-11-. The predicted octanol–water partition coefficient (Wildman–Crippen LogP) is 5.63. The van der Waals surface area contributed by atoms with Crippen molar-refractivity contribution in [1.82, 2.24) is 9.97 Å². The molecular formula is C20H13ClF3N3O2S. The lowest BCUT2D eigenvalue weighted by Gasteiger charge is -2.06. The van der Waals surface area contributed by atoms with E-state index in [1.165, 1.54) is 24.2 Å². The van der Waals surface area contributed by atoms with Gasteiger partial charge in [0.25, 0.3) is 0 Å². The molecule has 1 heterocycles. The lowest BCUT2D eigenvalue weighted by molar-refractivity contribution is -0.137. The number of aromatic nitrogens is 2. The van der Waals surface area contributed by atoms with Crippen molar-refractivity contribution in [3.05, 3.63) is 88.2 Å². The second-order valence-corrected chi connectivity index (χ2v) is 7.25. The molecule has 0 N–H and O–H groups in total. The van der Waals surface area contributed by atoms with Crippen molar-refractivity contribution in [2.24, 2.45) is 5.16 Å². The SMILES string of the molecule is O=C(O/N=C\c1ccnc(SCc2ccc(Cl)cc2)n1)c1ccc(C(F)(F)F)cc1. The third-order valence-electron chi connectivity index (χ3n) is 3.70. The van der Waals surface area contributed by atoms with Crippen LogP contribution in [0.4, 0.5) is 13.2 Å². The largest absolute Gasteiger partial charge is 0.416 e. The van der Waals surface area contributed by atoms with Crippen molar-refractivity contribution < 1.29 is 22.8 Å². The van der Waals surface area contributed by atoms with Gasteiger partial charge in [0.15, 0.2) is 5.16 Å². The molecule has 5 nitrogen and oxygen atoms in total. The van der Waals surface area contributed by atoms with E-state index in [9.17, 15) is 18.0 Å². The number of alkyl halides is 3. The van der Waals surface area contributed by atoms with Crippen molar-refractivity contribution in [1.29, 1.82) is 0 Å². The lowest BCUT2D eigenvalue weighted by Crippen LogP contribution is -2.06. The summed E-state index contributed by atoms with van der Waals surface area (Å²) in [7, 11) is 0. The van der Waals surface area contributed by atoms with Gasteiger partial charge in [0.1, 0.15) is 0 Å². The van der Waals surface area contributed by atoms with E-state index in [2.05, 4.69) is 15.1 Å². The maximum Gasteiger partial charge on any atom is 0.416 e. The van der Waals surface area contributed by atoms with Crippen LogP contribution in [0, 0.1) is 0 Å². The molecule has 0 aliphatic heterocycles. The van der Waals surface area contributed by atoms with Crippen LogP contribution in [0.2, 0.25) is 5.02 Å². The number of hydrogen-bond donors (Lipinski definition) is 0. The minimum Gasteiger partial charge on any atom is -0.313 e. The normalized spacial score (nSPS) is 11.6. The molecule has 154 valence electrons. The summed E-state index contributed by atoms with van der Waals surface area (Å²) in [5.74, 6) is -0.243. The van der Waals surface area contributed by atoms with Crippen molar-refractivity contribution in [3.63, 3.8) is 0 Å². The van der Waals surface area contributed by atoms with Gasteiger partial charge in [-0.2, -0.15) is 13.2 Å². The van der Waals surface area contributed by atoms with E-state index >= 15 is 0 Å². The second-order valence-electron chi connectivity index (χ2n) is 5.87. The molecule has 0 saturated carbocycles. The van der Waals surface area contributed by atoms with Gasteiger partial charge in [0, 0.05) is 17.0 Å². The minimum absolute atomic E-state index is 0.0537. The number of carbonyl (C=O) groups is 1. The zero-order chi connectivity index (χ0) is 21.6. The van der Waals surface area contributed by atoms with Gasteiger partial charge in [0.2, 0.25) is 0 Å². The maximum atomic E-state index is 12.6. The molecule has 1 aromatic heterocycles. The fraction of sp³-hybridized carbons (Fsp3) is 0.100. The average Bonchev–Trinajstić information content (AvgIpc) is 2.73. The Kier molecular flexibility index (Phi) is 7.07. The highest BCUT2D eigenvalue weighted by Crippen LogP contribution is 2.29. The highest BCUT2D eigenvalue weighted by Gasteiger charge is 2.30. The summed E-state index contributed by atoms with van der Waals surface area (Å²) >= 11 is 7.26. The van der Waals surface area contributed by atoms with Crippen LogP contribution in [0.25, 0.3) is 0 Å². The molecular weight excluding hydrogens is 439 g/mol. The molecule has 0 atom stereocenters. The van der Waals surface area contributed by atoms with Crippen LogP contribution in [0.15, 0.2) is 71.1 Å². The van der Waals surface area contributed by atoms with Gasteiger partial charge in [-0.05, 0) is 48.0 Å². The quantitative estimate of drug-likeness (QED) is 0.160. The van der Waals surface area contributed by atoms with E-state index in [1.54, 1.807) is 18.2 Å². The highest BCUT2D eigenvalue weighted by molar-refractivity contribution is 7.98. The monoisotopic (exact) mass is 451 g/mol. The molecule has 0 amide bonds. The Balaban J connectivity index is 1.56. The smallest absolute Gasteiger partial charge is 0.313 e. The van der Waals surface area contributed by atoms with Crippen LogP contribution in [-0.4, -0.2) is 22.2 Å². The van der Waals surface area contributed by atoms with E-state index in [0.717, 1.165) is 29.8 Å². The predicted molar refractivity (Wildman–Crippen MR) is 107 cm³/mol. The van der Waals surface area contributed by atoms with Gasteiger partial charge in [-0.15, -0.1) is 0 Å². The molecule has 0 aliphatic rings. The van der Waals surface area contributed by atoms with Crippen LogP contribution in [-0.2, 0) is 16.8 Å². The first kappa shape index (κ1) is 21.8. The summed E-state index contributed by atoms with van der Waals surface area (Å²) < 4.78 is 37.7. The topological polar surface area (TPSA) is 64.4 Å². The van der Waals surface area contributed by atoms with Gasteiger partial charge >= 0.3 is 12.1 Å². The maximum absolute atomic E-state index is 12.6. The van der Waals surface area contributed by atoms with Gasteiger partial charge in [-0.25, -0.2) is 14.8 Å². The third kappa shape index (κ3) is 6.30.